The van der Waals surface area contributed by atoms with E-state index in [-0.39, 0.29) is 0 Å². The number of benzene rings is 1. The molecule has 3 heteroatoms. The van der Waals surface area contributed by atoms with Gasteiger partial charge in [-0.15, -0.1) is 0 Å². The minimum absolute atomic E-state index is 0.618. The molecular formula is C10H11NO2. The molecule has 0 aromatic heterocycles. The summed E-state index contributed by atoms with van der Waals surface area (Å²) in [4.78, 5) is 0. The third-order valence-corrected chi connectivity index (χ3v) is 1.91. The zero-order valence-corrected chi connectivity index (χ0v) is 7.25. The van der Waals surface area contributed by atoms with Crippen molar-refractivity contribution in [2.45, 2.75) is 6.54 Å². The molecule has 1 aliphatic heterocycles. The van der Waals surface area contributed by atoms with Crippen molar-refractivity contribution >= 4 is 0 Å². The quantitative estimate of drug-likeness (QED) is 0.689. The van der Waals surface area contributed by atoms with Crippen LogP contribution in [0.3, 0.4) is 0 Å². The summed E-state index contributed by atoms with van der Waals surface area (Å²) in [6, 6.07) is 5.81. The molecule has 0 atom stereocenters. The Morgan fingerprint density at radius 1 is 1.23 bits per heavy atom. The average Bonchev–Trinajstić information content (AvgIpc) is 2.18. The number of rotatable bonds is 2. The molecule has 1 aromatic carbocycles. The van der Waals surface area contributed by atoms with Crippen LogP contribution in [0.15, 0.2) is 18.2 Å². The van der Waals surface area contributed by atoms with E-state index in [0.29, 0.717) is 19.8 Å². The molecule has 1 heterocycles. The number of hydrogen-bond donors (Lipinski definition) is 1. The molecule has 0 bridgehead atoms. The lowest BCUT2D eigenvalue weighted by Crippen LogP contribution is -2.15. The summed E-state index contributed by atoms with van der Waals surface area (Å²) in [7, 11) is 5.21. The monoisotopic (exact) mass is 177 g/mol. The van der Waals surface area contributed by atoms with E-state index in [9.17, 15) is 0 Å². The first-order valence-corrected chi connectivity index (χ1v) is 4.22. The molecular weight excluding hydrogens is 166 g/mol. The molecule has 0 unspecified atom stereocenters. The maximum Gasteiger partial charge on any atom is 0.161 e. The van der Waals surface area contributed by atoms with Crippen LogP contribution in [0.25, 0.3) is 0 Å². The van der Waals surface area contributed by atoms with Crippen LogP contribution in [0.4, 0.5) is 0 Å². The lowest BCUT2D eigenvalue weighted by molar-refractivity contribution is 0.171. The second-order valence-electron chi connectivity index (χ2n) is 2.86. The van der Waals surface area contributed by atoms with Gasteiger partial charge in [0.25, 0.3) is 0 Å². The molecule has 68 valence electrons. The highest BCUT2D eigenvalue weighted by molar-refractivity contribution is 5.43. The third-order valence-electron chi connectivity index (χ3n) is 1.91. The van der Waals surface area contributed by atoms with E-state index in [4.69, 9.17) is 16.5 Å². The average molecular weight is 177 g/mol. The molecule has 1 aromatic rings. The normalized spacial score (nSPS) is 14.2. The summed E-state index contributed by atoms with van der Waals surface area (Å²) in [6.45, 7) is 1.88. The summed E-state index contributed by atoms with van der Waals surface area (Å²) in [6.07, 6.45) is 0. The Morgan fingerprint density at radius 3 is 2.77 bits per heavy atom. The Morgan fingerprint density at radius 2 is 2.00 bits per heavy atom. The Labute approximate surface area is 77.7 Å². The number of hydrogen-bond acceptors (Lipinski definition) is 3. The first-order valence-electron chi connectivity index (χ1n) is 4.22. The van der Waals surface area contributed by atoms with E-state index < -0.39 is 0 Å². The number of fused-ring (bicyclic) bond motifs is 1. The summed E-state index contributed by atoms with van der Waals surface area (Å²) in [5.74, 6) is 1.62. The minimum atomic E-state index is 0.618. The van der Waals surface area contributed by atoms with Crippen LogP contribution in [0.5, 0.6) is 11.5 Å². The van der Waals surface area contributed by atoms with Gasteiger partial charge in [0.1, 0.15) is 13.2 Å². The lowest BCUT2D eigenvalue weighted by Gasteiger charge is -2.18. The summed E-state index contributed by atoms with van der Waals surface area (Å²) >= 11 is 0. The molecule has 2 radical (unpaired) electrons. The van der Waals surface area contributed by atoms with Gasteiger partial charge in [-0.1, -0.05) is 6.07 Å². The molecule has 0 amide bonds. The van der Waals surface area contributed by atoms with Gasteiger partial charge in [-0.3, -0.25) is 0 Å². The van der Waals surface area contributed by atoms with Gasteiger partial charge < -0.3 is 14.8 Å². The van der Waals surface area contributed by atoms with Gasteiger partial charge in [0, 0.05) is 13.6 Å². The predicted octanol–water partition coefficient (Wildman–Crippen LogP) is 1.22. The number of ether oxygens (including phenoxy) is 2. The molecule has 3 nitrogen and oxygen atoms in total. The van der Waals surface area contributed by atoms with Crippen LogP contribution < -0.4 is 14.8 Å². The maximum atomic E-state index is 5.42. The first-order chi connectivity index (χ1) is 6.40. The highest BCUT2D eigenvalue weighted by Gasteiger charge is 2.10. The van der Waals surface area contributed by atoms with Crippen molar-refractivity contribution in [2.75, 3.05) is 13.2 Å². The van der Waals surface area contributed by atoms with Crippen molar-refractivity contribution in [2.24, 2.45) is 0 Å². The SMILES string of the molecule is [CH]NCc1ccc2c(c1)OCCO2. The molecule has 1 N–H and O–H groups in total. The van der Waals surface area contributed by atoms with Crippen molar-refractivity contribution < 1.29 is 9.47 Å². The predicted molar refractivity (Wildman–Crippen MR) is 48.6 cm³/mol. The molecule has 0 saturated heterocycles. The molecule has 13 heavy (non-hydrogen) atoms. The summed E-state index contributed by atoms with van der Waals surface area (Å²) < 4.78 is 10.8. The largest absolute Gasteiger partial charge is 0.486 e. The van der Waals surface area contributed by atoms with E-state index in [2.05, 4.69) is 5.32 Å². The van der Waals surface area contributed by atoms with Crippen LogP contribution in [0.2, 0.25) is 0 Å². The van der Waals surface area contributed by atoms with Crippen LogP contribution in [0.1, 0.15) is 5.56 Å². The maximum absolute atomic E-state index is 5.42. The molecule has 2 rings (SSSR count). The van der Waals surface area contributed by atoms with Crippen molar-refractivity contribution in [1.29, 1.82) is 0 Å². The topological polar surface area (TPSA) is 30.5 Å². The molecule has 0 spiro atoms. The fourth-order valence-electron chi connectivity index (χ4n) is 1.32. The second kappa shape index (κ2) is 3.66. The standard InChI is InChI=1S/C10H11NO2/c1-11-7-8-2-3-9-10(6-8)13-5-4-12-9/h1-3,6,11H,4-5,7H2. The fraction of sp³-hybridized carbons (Fsp3) is 0.300. The molecule has 0 aliphatic carbocycles. The van der Waals surface area contributed by atoms with Crippen LogP contribution in [0, 0.1) is 7.05 Å². The van der Waals surface area contributed by atoms with Gasteiger partial charge in [-0.2, -0.15) is 0 Å². The minimum Gasteiger partial charge on any atom is -0.486 e. The van der Waals surface area contributed by atoms with Crippen molar-refractivity contribution in [3.63, 3.8) is 0 Å². The zero-order chi connectivity index (χ0) is 9.10. The zero-order valence-electron chi connectivity index (χ0n) is 7.25. The van der Waals surface area contributed by atoms with E-state index in [1.54, 1.807) is 0 Å². The fourth-order valence-corrected chi connectivity index (χ4v) is 1.32. The van der Waals surface area contributed by atoms with Gasteiger partial charge in [-0.25, -0.2) is 0 Å². The molecule has 0 saturated carbocycles. The summed E-state index contributed by atoms with van der Waals surface area (Å²) in [5.41, 5.74) is 1.09. The van der Waals surface area contributed by atoms with Crippen molar-refractivity contribution in [1.82, 2.24) is 5.32 Å². The van der Waals surface area contributed by atoms with E-state index in [1.165, 1.54) is 0 Å². The van der Waals surface area contributed by atoms with Crippen LogP contribution >= 0.6 is 0 Å². The Bertz CT molecular complexity index is 299. The van der Waals surface area contributed by atoms with Gasteiger partial charge in [0.05, 0.1) is 0 Å². The molecule has 1 aliphatic rings. The number of nitrogens with one attached hydrogen (secondary N) is 1. The summed E-state index contributed by atoms with van der Waals surface area (Å²) in [5, 5.41) is 2.59. The van der Waals surface area contributed by atoms with Crippen molar-refractivity contribution in [3.05, 3.63) is 30.8 Å². The highest BCUT2D eigenvalue weighted by Crippen LogP contribution is 2.30. The highest BCUT2D eigenvalue weighted by atomic mass is 16.6. The van der Waals surface area contributed by atoms with Gasteiger partial charge in [0.15, 0.2) is 11.5 Å². The first kappa shape index (κ1) is 8.38. The Balaban J connectivity index is 2.24. The van der Waals surface area contributed by atoms with Gasteiger partial charge in [-0.05, 0) is 17.7 Å². The van der Waals surface area contributed by atoms with Crippen LogP contribution in [-0.4, -0.2) is 13.2 Å². The van der Waals surface area contributed by atoms with Crippen LogP contribution in [-0.2, 0) is 6.54 Å². The van der Waals surface area contributed by atoms with E-state index in [0.717, 1.165) is 17.1 Å². The second-order valence-corrected chi connectivity index (χ2v) is 2.86. The lowest BCUT2D eigenvalue weighted by atomic mass is 10.2. The Kier molecular flexibility index (Phi) is 2.36. The van der Waals surface area contributed by atoms with Gasteiger partial charge >= 0.3 is 0 Å². The van der Waals surface area contributed by atoms with Gasteiger partial charge in [0.2, 0.25) is 0 Å². The van der Waals surface area contributed by atoms with E-state index >= 15 is 0 Å². The molecule has 0 fully saturated rings. The Hall–Kier alpha value is -1.22. The smallest absolute Gasteiger partial charge is 0.161 e. The van der Waals surface area contributed by atoms with Crippen molar-refractivity contribution in [3.8, 4) is 11.5 Å². The van der Waals surface area contributed by atoms with E-state index in [1.807, 2.05) is 18.2 Å². The third kappa shape index (κ3) is 1.75.